The van der Waals surface area contributed by atoms with Gasteiger partial charge in [-0.05, 0) is 46.2 Å². The minimum atomic E-state index is -0.601. The van der Waals surface area contributed by atoms with Gasteiger partial charge in [-0.2, -0.15) is 0 Å². The van der Waals surface area contributed by atoms with Crippen molar-refractivity contribution in [2.45, 2.75) is 57.3 Å². The van der Waals surface area contributed by atoms with Gasteiger partial charge in [-0.25, -0.2) is 0 Å². The maximum atomic E-state index is 12.9. The van der Waals surface area contributed by atoms with Crippen molar-refractivity contribution in [3.63, 3.8) is 0 Å². The number of rotatable bonds is 8. The van der Waals surface area contributed by atoms with Crippen LogP contribution in [0, 0.1) is 0 Å². The smallest absolute Gasteiger partial charge is 0.239 e. The van der Waals surface area contributed by atoms with Gasteiger partial charge >= 0.3 is 0 Å². The highest BCUT2D eigenvalue weighted by Crippen LogP contribution is 2.15. The lowest BCUT2D eigenvalue weighted by Crippen LogP contribution is -2.62. The molecule has 0 bridgehead atoms. The second-order valence-corrected chi connectivity index (χ2v) is 9.10. The third-order valence-electron chi connectivity index (χ3n) is 5.34. The van der Waals surface area contributed by atoms with E-state index < -0.39 is 18.0 Å². The molecule has 1 heterocycles. The highest BCUT2D eigenvalue weighted by Gasteiger charge is 2.35. The first-order valence-electron chi connectivity index (χ1n) is 10.6. The average molecular weight is 414 g/mol. The van der Waals surface area contributed by atoms with Gasteiger partial charge in [0.2, 0.25) is 13.8 Å². The largest absolute Gasteiger partial charge is 0.392 e. The predicted octanol–water partition coefficient (Wildman–Crippen LogP) is 0.758. The Morgan fingerprint density at radius 3 is 2.47 bits per heavy atom. The highest BCUT2D eigenvalue weighted by atomic mass is 16.3. The zero-order valence-corrected chi connectivity index (χ0v) is 18.6. The van der Waals surface area contributed by atoms with Crippen LogP contribution in [0.15, 0.2) is 30.3 Å². The molecule has 1 aliphatic rings. The van der Waals surface area contributed by atoms with E-state index in [1.54, 1.807) is 0 Å². The molecule has 3 N–H and O–H groups in total. The van der Waals surface area contributed by atoms with E-state index >= 15 is 0 Å². The third-order valence-corrected chi connectivity index (χ3v) is 5.34. The molecule has 0 aromatic heterocycles. The Morgan fingerprint density at radius 2 is 1.90 bits per heavy atom. The van der Waals surface area contributed by atoms with Crippen LogP contribution in [0.3, 0.4) is 0 Å². The first-order valence-corrected chi connectivity index (χ1v) is 10.6. The van der Waals surface area contributed by atoms with Crippen LogP contribution in [0.2, 0.25) is 0 Å². The van der Waals surface area contributed by atoms with Gasteiger partial charge in [0.05, 0.1) is 6.10 Å². The quantitative estimate of drug-likeness (QED) is 0.547. The van der Waals surface area contributed by atoms with E-state index in [0.717, 1.165) is 6.42 Å². The summed E-state index contributed by atoms with van der Waals surface area (Å²) in [6.07, 6.45) is 0.781. The molecule has 1 saturated heterocycles. The fourth-order valence-electron chi connectivity index (χ4n) is 3.82. The molecule has 2 radical (unpaired) electrons. The standard InChI is InChI=1S/C22H35BN4O3/c1-22(2,3)25-20(29)19-15-27(21(23)30)11-10-26(19)14-18(28)13-17(24-4)12-16-8-6-5-7-9-16/h5-9,17-19,24,28H,10-15H2,1-4H3,(H,25,29)/t17?,18-,19-/m0/s1. The number of amides is 2. The Morgan fingerprint density at radius 1 is 1.23 bits per heavy atom. The number of nitrogens with one attached hydrogen (secondary N) is 2. The van der Waals surface area contributed by atoms with Crippen LogP contribution in [0.5, 0.6) is 0 Å². The molecule has 2 amide bonds. The van der Waals surface area contributed by atoms with Gasteiger partial charge < -0.3 is 20.6 Å². The summed E-state index contributed by atoms with van der Waals surface area (Å²) in [6.45, 7) is 7.27. The van der Waals surface area contributed by atoms with E-state index in [0.29, 0.717) is 26.1 Å². The number of aliphatic hydroxyl groups excluding tert-OH is 1. The SMILES string of the molecule is [B]C(=O)N1CCN(C[C@@H](O)CC(Cc2ccccc2)NC)[C@H](C(=O)NC(C)(C)C)C1. The summed E-state index contributed by atoms with van der Waals surface area (Å²) >= 11 is 0. The third kappa shape index (κ3) is 7.74. The van der Waals surface area contributed by atoms with E-state index in [1.165, 1.54) is 10.5 Å². The molecule has 7 nitrogen and oxygen atoms in total. The van der Waals surface area contributed by atoms with E-state index in [-0.39, 0.29) is 24.0 Å². The Bertz CT molecular complexity index is 695. The number of carbonyl (C=O) groups is 2. The number of benzene rings is 1. The van der Waals surface area contributed by atoms with E-state index in [4.69, 9.17) is 7.85 Å². The van der Waals surface area contributed by atoms with Crippen molar-refractivity contribution < 1.29 is 14.7 Å². The monoisotopic (exact) mass is 414 g/mol. The number of piperazine rings is 1. The molecule has 2 rings (SSSR count). The lowest BCUT2D eigenvalue weighted by Gasteiger charge is -2.42. The Labute approximate surface area is 181 Å². The fraction of sp³-hybridized carbons (Fsp3) is 0.636. The predicted molar refractivity (Wildman–Crippen MR) is 120 cm³/mol. The summed E-state index contributed by atoms with van der Waals surface area (Å²) in [5.74, 6) is -0.683. The van der Waals surface area contributed by atoms with Crippen LogP contribution in [-0.4, -0.2) is 91.4 Å². The highest BCUT2D eigenvalue weighted by molar-refractivity contribution is 6.56. The van der Waals surface area contributed by atoms with Gasteiger partial charge in [0.15, 0.2) is 5.81 Å². The average Bonchev–Trinajstić information content (AvgIpc) is 2.67. The molecule has 30 heavy (non-hydrogen) atoms. The summed E-state index contributed by atoms with van der Waals surface area (Å²) in [5.41, 5.74) is 0.824. The fourth-order valence-corrected chi connectivity index (χ4v) is 3.82. The van der Waals surface area contributed by atoms with Crippen molar-refractivity contribution in [3.8, 4) is 0 Å². The Kier molecular flexibility index (Phi) is 8.88. The molecule has 8 heteroatoms. The van der Waals surface area contributed by atoms with E-state index in [9.17, 15) is 14.7 Å². The molecular weight excluding hydrogens is 379 g/mol. The normalized spacial score (nSPS) is 19.9. The molecule has 1 aliphatic heterocycles. The zero-order valence-electron chi connectivity index (χ0n) is 18.6. The lowest BCUT2D eigenvalue weighted by atomic mass is 9.99. The molecule has 1 aromatic rings. The molecule has 1 aromatic carbocycles. The van der Waals surface area contributed by atoms with Crippen molar-refractivity contribution in [3.05, 3.63) is 35.9 Å². The van der Waals surface area contributed by atoms with Gasteiger partial charge in [-0.15, -0.1) is 0 Å². The van der Waals surface area contributed by atoms with E-state index in [2.05, 4.69) is 22.8 Å². The number of hydrogen-bond donors (Lipinski definition) is 3. The second-order valence-electron chi connectivity index (χ2n) is 9.10. The van der Waals surface area contributed by atoms with Gasteiger partial charge in [-0.1, -0.05) is 30.3 Å². The van der Waals surface area contributed by atoms with Gasteiger partial charge in [0, 0.05) is 37.8 Å². The Balaban J connectivity index is 2.01. The number of aliphatic hydroxyl groups is 1. The summed E-state index contributed by atoms with van der Waals surface area (Å²) in [4.78, 5) is 27.9. The molecule has 3 atom stereocenters. The minimum Gasteiger partial charge on any atom is -0.392 e. The van der Waals surface area contributed by atoms with Crippen LogP contribution >= 0.6 is 0 Å². The topological polar surface area (TPSA) is 84.9 Å². The molecule has 1 unspecified atom stereocenters. The molecule has 1 fully saturated rings. The molecule has 0 aliphatic carbocycles. The van der Waals surface area contributed by atoms with Gasteiger partial charge in [-0.3, -0.25) is 14.5 Å². The van der Waals surface area contributed by atoms with Gasteiger partial charge in [0.25, 0.3) is 0 Å². The molecule has 164 valence electrons. The number of carbonyl (C=O) groups excluding carboxylic acids is 2. The number of nitrogens with zero attached hydrogens (tertiary/aromatic N) is 2. The van der Waals surface area contributed by atoms with Crippen molar-refractivity contribution in [1.29, 1.82) is 0 Å². The number of β-amino-alcohol motifs (C(OH)–C–C–N with tert-alkyl or cyclic N) is 1. The van der Waals surface area contributed by atoms with Crippen molar-refractivity contribution in [2.24, 2.45) is 0 Å². The minimum absolute atomic E-state index is 0.121. The zero-order chi connectivity index (χ0) is 22.3. The van der Waals surface area contributed by atoms with Crippen LogP contribution in [0.25, 0.3) is 0 Å². The maximum absolute atomic E-state index is 12.9. The number of likely N-dealkylation sites (N-methyl/N-ethyl adjacent to an activating group) is 1. The maximum Gasteiger partial charge on any atom is 0.239 e. The first-order chi connectivity index (χ1) is 14.1. The summed E-state index contributed by atoms with van der Waals surface area (Å²) < 4.78 is 0. The van der Waals surface area contributed by atoms with Crippen LogP contribution < -0.4 is 10.6 Å². The second kappa shape index (κ2) is 10.9. The summed E-state index contributed by atoms with van der Waals surface area (Å²) in [5, 5.41) is 17.0. The Hall–Kier alpha value is -1.90. The van der Waals surface area contributed by atoms with Crippen molar-refractivity contribution in [2.75, 3.05) is 33.2 Å². The van der Waals surface area contributed by atoms with E-state index in [1.807, 2.05) is 50.9 Å². The van der Waals surface area contributed by atoms with Gasteiger partial charge in [0.1, 0.15) is 6.04 Å². The van der Waals surface area contributed by atoms with Crippen molar-refractivity contribution >= 4 is 19.6 Å². The molecule has 0 spiro atoms. The number of hydrogen-bond acceptors (Lipinski definition) is 5. The lowest BCUT2D eigenvalue weighted by molar-refractivity contribution is -0.130. The summed E-state index contributed by atoms with van der Waals surface area (Å²) in [6, 6.07) is 9.74. The summed E-state index contributed by atoms with van der Waals surface area (Å²) in [7, 11) is 7.33. The molecular formula is C22H35BN4O3. The van der Waals surface area contributed by atoms with Crippen LogP contribution in [-0.2, 0) is 11.2 Å². The first kappa shape index (κ1) is 24.4. The van der Waals surface area contributed by atoms with Crippen LogP contribution in [0.4, 0.5) is 4.79 Å². The van der Waals surface area contributed by atoms with Crippen LogP contribution in [0.1, 0.15) is 32.8 Å². The molecule has 0 saturated carbocycles. The van der Waals surface area contributed by atoms with Crippen molar-refractivity contribution in [1.82, 2.24) is 20.4 Å².